The van der Waals surface area contributed by atoms with Gasteiger partial charge in [0.25, 0.3) is 5.91 Å². The van der Waals surface area contributed by atoms with E-state index in [0.717, 1.165) is 19.3 Å². The van der Waals surface area contributed by atoms with Gasteiger partial charge in [0.2, 0.25) is 5.91 Å². The number of benzene rings is 1. The third kappa shape index (κ3) is 4.79. The van der Waals surface area contributed by atoms with E-state index in [1.165, 1.54) is 30.7 Å². The van der Waals surface area contributed by atoms with E-state index in [-0.39, 0.29) is 23.8 Å². The first-order valence-corrected chi connectivity index (χ1v) is 8.75. The lowest BCUT2D eigenvalue weighted by atomic mass is 9.85. The molecule has 2 amide bonds. The van der Waals surface area contributed by atoms with Crippen molar-refractivity contribution in [1.82, 2.24) is 10.6 Å². The van der Waals surface area contributed by atoms with Crippen molar-refractivity contribution in [1.29, 1.82) is 0 Å². The van der Waals surface area contributed by atoms with Gasteiger partial charge in [-0.1, -0.05) is 33.6 Å². The van der Waals surface area contributed by atoms with E-state index in [4.69, 9.17) is 0 Å². The van der Waals surface area contributed by atoms with Gasteiger partial charge in [-0.15, -0.1) is 0 Å². The largest absolute Gasteiger partial charge is 0.351 e. The molecule has 1 aliphatic rings. The average Bonchev–Trinajstić information content (AvgIpc) is 2.54. The Morgan fingerprint density at radius 2 is 1.75 bits per heavy atom. The van der Waals surface area contributed by atoms with E-state index in [2.05, 4.69) is 17.6 Å². The molecule has 3 unspecified atom stereocenters. The molecule has 1 aliphatic carbocycles. The fourth-order valence-corrected chi connectivity index (χ4v) is 3.16. The number of amides is 2. The molecule has 24 heavy (non-hydrogen) atoms. The van der Waals surface area contributed by atoms with Crippen molar-refractivity contribution < 1.29 is 14.0 Å². The summed E-state index contributed by atoms with van der Waals surface area (Å²) in [5.74, 6) is -0.465. The first kappa shape index (κ1) is 18.4. The number of nitrogens with one attached hydrogen (secondary N) is 2. The number of carbonyl (C=O) groups is 2. The fraction of sp³-hybridized carbons (Fsp3) is 0.579. The van der Waals surface area contributed by atoms with Crippen LogP contribution in [0.25, 0.3) is 0 Å². The van der Waals surface area contributed by atoms with Crippen LogP contribution < -0.4 is 10.6 Å². The van der Waals surface area contributed by atoms with Crippen molar-refractivity contribution in [2.75, 3.05) is 0 Å². The van der Waals surface area contributed by atoms with Gasteiger partial charge >= 0.3 is 0 Å². The molecule has 3 atom stereocenters. The molecule has 0 aromatic heterocycles. The lowest BCUT2D eigenvalue weighted by molar-refractivity contribution is -0.125. The van der Waals surface area contributed by atoms with Crippen LogP contribution in [-0.4, -0.2) is 23.9 Å². The zero-order valence-corrected chi connectivity index (χ0v) is 14.6. The van der Waals surface area contributed by atoms with Gasteiger partial charge in [0, 0.05) is 11.6 Å². The van der Waals surface area contributed by atoms with E-state index in [0.29, 0.717) is 11.5 Å². The molecule has 1 aromatic carbocycles. The Bertz CT molecular complexity index is 571. The van der Waals surface area contributed by atoms with E-state index >= 15 is 0 Å². The highest BCUT2D eigenvalue weighted by atomic mass is 19.1. The second kappa shape index (κ2) is 8.27. The van der Waals surface area contributed by atoms with Gasteiger partial charge in [-0.05, 0) is 48.9 Å². The van der Waals surface area contributed by atoms with Crippen LogP contribution in [0.4, 0.5) is 4.39 Å². The summed E-state index contributed by atoms with van der Waals surface area (Å²) >= 11 is 0. The van der Waals surface area contributed by atoms with Gasteiger partial charge in [-0.25, -0.2) is 4.39 Å². The van der Waals surface area contributed by atoms with E-state index in [1.54, 1.807) is 0 Å². The molecule has 0 aliphatic heterocycles. The van der Waals surface area contributed by atoms with Crippen molar-refractivity contribution >= 4 is 11.8 Å². The van der Waals surface area contributed by atoms with Crippen molar-refractivity contribution in [3.8, 4) is 0 Å². The predicted molar refractivity (Wildman–Crippen MR) is 92.1 cm³/mol. The zero-order chi connectivity index (χ0) is 17.7. The van der Waals surface area contributed by atoms with Crippen molar-refractivity contribution in [3.05, 3.63) is 35.6 Å². The van der Waals surface area contributed by atoms with Crippen LogP contribution in [0.15, 0.2) is 24.3 Å². The third-order valence-corrected chi connectivity index (χ3v) is 4.78. The van der Waals surface area contributed by atoms with E-state index in [9.17, 15) is 14.0 Å². The lowest BCUT2D eigenvalue weighted by Gasteiger charge is -2.32. The molecule has 1 fully saturated rings. The highest BCUT2D eigenvalue weighted by Gasteiger charge is 2.29. The van der Waals surface area contributed by atoms with Crippen molar-refractivity contribution in [2.24, 2.45) is 11.8 Å². The Morgan fingerprint density at radius 1 is 1.12 bits per heavy atom. The summed E-state index contributed by atoms with van der Waals surface area (Å²) in [6.45, 7) is 5.96. The molecule has 4 nitrogen and oxygen atoms in total. The highest BCUT2D eigenvalue weighted by Crippen LogP contribution is 2.24. The van der Waals surface area contributed by atoms with Gasteiger partial charge in [0.15, 0.2) is 0 Å². The van der Waals surface area contributed by atoms with E-state index in [1.807, 2.05) is 13.8 Å². The molecule has 132 valence electrons. The fourth-order valence-electron chi connectivity index (χ4n) is 3.16. The summed E-state index contributed by atoms with van der Waals surface area (Å²) in [6.07, 6.45) is 4.45. The van der Waals surface area contributed by atoms with Crippen LogP contribution in [0, 0.1) is 17.7 Å². The van der Waals surface area contributed by atoms with Crippen molar-refractivity contribution in [2.45, 2.75) is 58.5 Å². The first-order valence-electron chi connectivity index (χ1n) is 8.75. The van der Waals surface area contributed by atoms with E-state index < -0.39 is 11.9 Å². The molecule has 5 heteroatoms. The maximum Gasteiger partial charge on any atom is 0.251 e. The second-order valence-electron chi connectivity index (χ2n) is 7.08. The number of carbonyl (C=O) groups excluding carboxylic acids is 2. The summed E-state index contributed by atoms with van der Waals surface area (Å²) in [4.78, 5) is 25.0. The van der Waals surface area contributed by atoms with Gasteiger partial charge in [-0.3, -0.25) is 9.59 Å². The standard InChI is InChI=1S/C19H27FN2O2/c1-12(2)17(19(24)21-16-7-5-4-6-13(16)3)22-18(23)14-8-10-15(20)11-9-14/h8-13,16-17H,4-7H2,1-3H3,(H,21,24)(H,22,23). The molecule has 2 N–H and O–H groups in total. The minimum absolute atomic E-state index is 0.0340. The van der Waals surface area contributed by atoms with Crippen LogP contribution in [0.1, 0.15) is 56.8 Å². The topological polar surface area (TPSA) is 58.2 Å². The number of hydrogen-bond donors (Lipinski definition) is 2. The maximum atomic E-state index is 13.0. The minimum Gasteiger partial charge on any atom is -0.351 e. The monoisotopic (exact) mass is 334 g/mol. The molecular formula is C19H27FN2O2. The Balaban J connectivity index is 2.01. The SMILES string of the molecule is CC(C)C(NC(=O)c1ccc(F)cc1)C(=O)NC1CCCCC1C. The minimum atomic E-state index is -0.600. The number of hydrogen-bond acceptors (Lipinski definition) is 2. The second-order valence-corrected chi connectivity index (χ2v) is 7.08. The molecule has 0 spiro atoms. The third-order valence-electron chi connectivity index (χ3n) is 4.78. The zero-order valence-electron chi connectivity index (χ0n) is 14.6. The summed E-state index contributed by atoms with van der Waals surface area (Å²) in [7, 11) is 0. The maximum absolute atomic E-state index is 13.0. The average molecular weight is 334 g/mol. The molecule has 0 heterocycles. The quantitative estimate of drug-likeness (QED) is 0.868. The van der Waals surface area contributed by atoms with Gasteiger partial charge in [-0.2, -0.15) is 0 Å². The van der Waals surface area contributed by atoms with Crippen LogP contribution in [-0.2, 0) is 4.79 Å². The number of rotatable bonds is 5. The molecule has 2 rings (SSSR count). The van der Waals surface area contributed by atoms with Gasteiger partial charge in [0.05, 0.1) is 0 Å². The van der Waals surface area contributed by atoms with Crippen molar-refractivity contribution in [3.63, 3.8) is 0 Å². The summed E-state index contributed by atoms with van der Waals surface area (Å²) in [5, 5.41) is 5.89. The number of halogens is 1. The lowest BCUT2D eigenvalue weighted by Crippen LogP contribution is -2.53. The Kier molecular flexibility index (Phi) is 6.35. The normalized spacial score (nSPS) is 22.0. The molecule has 0 bridgehead atoms. The van der Waals surface area contributed by atoms with Crippen LogP contribution in [0.5, 0.6) is 0 Å². The molecule has 0 saturated heterocycles. The molecular weight excluding hydrogens is 307 g/mol. The Labute approximate surface area is 143 Å². The summed E-state index contributed by atoms with van der Waals surface area (Å²) in [5.41, 5.74) is 0.348. The Hall–Kier alpha value is -1.91. The van der Waals surface area contributed by atoms with Crippen LogP contribution in [0.2, 0.25) is 0 Å². The van der Waals surface area contributed by atoms with Gasteiger partial charge < -0.3 is 10.6 Å². The molecule has 1 saturated carbocycles. The Morgan fingerprint density at radius 3 is 2.33 bits per heavy atom. The van der Waals surface area contributed by atoms with Gasteiger partial charge in [0.1, 0.15) is 11.9 Å². The predicted octanol–water partition coefficient (Wildman–Crippen LogP) is 3.28. The summed E-state index contributed by atoms with van der Waals surface area (Å²) in [6, 6.07) is 4.89. The first-order chi connectivity index (χ1) is 11.4. The highest BCUT2D eigenvalue weighted by molar-refractivity contribution is 5.97. The van der Waals surface area contributed by atoms with Crippen LogP contribution in [0.3, 0.4) is 0 Å². The molecule has 0 radical (unpaired) electrons. The van der Waals surface area contributed by atoms with Crippen LogP contribution >= 0.6 is 0 Å². The molecule has 1 aromatic rings. The smallest absolute Gasteiger partial charge is 0.251 e. The summed E-state index contributed by atoms with van der Waals surface area (Å²) < 4.78 is 13.0.